The second kappa shape index (κ2) is 11.1. The fraction of sp³-hybridized carbons (Fsp3) is 0.0870. The Hall–Kier alpha value is -3.72. The second-order valence-electron chi connectivity index (χ2n) is 6.49. The molecule has 0 bridgehead atoms. The second-order valence-corrected chi connectivity index (χ2v) is 7.40. The van der Waals surface area contributed by atoms with Gasteiger partial charge in [-0.25, -0.2) is 9.82 Å². The molecule has 32 heavy (non-hydrogen) atoms. The van der Waals surface area contributed by atoms with Crippen LogP contribution in [-0.4, -0.2) is 25.1 Å². The highest BCUT2D eigenvalue weighted by Gasteiger charge is 2.13. The molecule has 0 spiro atoms. The molecule has 0 saturated carbocycles. The van der Waals surface area contributed by atoms with Crippen LogP contribution in [0.4, 0.5) is 10.1 Å². The van der Waals surface area contributed by atoms with Crippen LogP contribution in [-0.2, 0) is 16.2 Å². The summed E-state index contributed by atoms with van der Waals surface area (Å²) in [7, 11) is 1.50. The summed E-state index contributed by atoms with van der Waals surface area (Å²) in [6, 6.07) is 17.9. The van der Waals surface area contributed by atoms with Crippen molar-refractivity contribution in [2.24, 2.45) is 5.10 Å². The van der Waals surface area contributed by atoms with Crippen LogP contribution in [0, 0.1) is 5.82 Å². The standard InChI is InChI=1S/C23H19BrFN3O4/c1-31-21-12-16(4-11-20(21)32-14-15-2-7-18(25)8-3-15)13-26-28-23(30)22(29)27-19-9-5-17(24)6-10-19/h2-13H,14H2,1H3,(H,27,29)(H,28,30)/b26-13+. The average Bonchev–Trinajstić information content (AvgIpc) is 2.80. The normalized spacial score (nSPS) is 10.6. The Morgan fingerprint density at radius 1 is 1.00 bits per heavy atom. The predicted octanol–water partition coefficient (Wildman–Crippen LogP) is 4.26. The van der Waals surface area contributed by atoms with E-state index in [0.29, 0.717) is 22.7 Å². The molecule has 3 aromatic carbocycles. The smallest absolute Gasteiger partial charge is 0.329 e. The summed E-state index contributed by atoms with van der Waals surface area (Å²) < 4.78 is 24.9. The van der Waals surface area contributed by atoms with Gasteiger partial charge in [0.2, 0.25) is 0 Å². The number of hydrogen-bond acceptors (Lipinski definition) is 5. The lowest BCUT2D eigenvalue weighted by Crippen LogP contribution is -2.32. The molecule has 0 saturated heterocycles. The van der Waals surface area contributed by atoms with Gasteiger partial charge in [-0.1, -0.05) is 28.1 Å². The molecule has 0 atom stereocenters. The zero-order valence-corrected chi connectivity index (χ0v) is 18.6. The first kappa shape index (κ1) is 23.0. The lowest BCUT2D eigenvalue weighted by atomic mass is 10.2. The topological polar surface area (TPSA) is 89.0 Å². The maximum atomic E-state index is 13.0. The first-order valence-corrected chi connectivity index (χ1v) is 10.2. The lowest BCUT2D eigenvalue weighted by Gasteiger charge is -2.11. The number of ether oxygens (including phenoxy) is 2. The van der Waals surface area contributed by atoms with Gasteiger partial charge in [-0.2, -0.15) is 5.10 Å². The van der Waals surface area contributed by atoms with Crippen LogP contribution in [0.25, 0.3) is 0 Å². The molecular weight excluding hydrogens is 481 g/mol. The van der Waals surface area contributed by atoms with Crippen LogP contribution in [0.15, 0.2) is 76.3 Å². The van der Waals surface area contributed by atoms with E-state index in [0.717, 1.165) is 10.0 Å². The largest absolute Gasteiger partial charge is 0.493 e. The van der Waals surface area contributed by atoms with Crippen molar-refractivity contribution in [3.63, 3.8) is 0 Å². The molecule has 3 rings (SSSR count). The Kier molecular flexibility index (Phi) is 7.93. The molecule has 2 amide bonds. The molecule has 0 aliphatic rings. The molecule has 2 N–H and O–H groups in total. The molecule has 0 aliphatic heterocycles. The average molecular weight is 500 g/mol. The van der Waals surface area contributed by atoms with E-state index in [1.54, 1.807) is 54.6 Å². The van der Waals surface area contributed by atoms with E-state index in [4.69, 9.17) is 9.47 Å². The quantitative estimate of drug-likeness (QED) is 0.288. The number of methoxy groups -OCH3 is 1. The molecule has 3 aromatic rings. The van der Waals surface area contributed by atoms with Crippen molar-refractivity contribution in [1.29, 1.82) is 0 Å². The maximum absolute atomic E-state index is 13.0. The van der Waals surface area contributed by atoms with Crippen molar-refractivity contribution in [2.45, 2.75) is 6.61 Å². The Morgan fingerprint density at radius 2 is 1.72 bits per heavy atom. The van der Waals surface area contributed by atoms with Crippen molar-refractivity contribution in [2.75, 3.05) is 12.4 Å². The van der Waals surface area contributed by atoms with E-state index in [1.807, 2.05) is 0 Å². The maximum Gasteiger partial charge on any atom is 0.329 e. The van der Waals surface area contributed by atoms with Crippen molar-refractivity contribution in [3.05, 3.63) is 88.1 Å². The summed E-state index contributed by atoms with van der Waals surface area (Å²) in [5.74, 6) is -1.11. The van der Waals surface area contributed by atoms with Gasteiger partial charge in [-0.3, -0.25) is 9.59 Å². The van der Waals surface area contributed by atoms with E-state index >= 15 is 0 Å². The highest BCUT2D eigenvalue weighted by molar-refractivity contribution is 9.10. The first-order valence-electron chi connectivity index (χ1n) is 9.40. The number of carbonyl (C=O) groups is 2. The van der Waals surface area contributed by atoms with Crippen molar-refractivity contribution >= 4 is 39.6 Å². The van der Waals surface area contributed by atoms with Gasteiger partial charge in [-0.15, -0.1) is 0 Å². The first-order chi connectivity index (χ1) is 15.4. The third kappa shape index (κ3) is 6.64. The zero-order chi connectivity index (χ0) is 22.9. The van der Waals surface area contributed by atoms with Crippen molar-refractivity contribution in [1.82, 2.24) is 5.43 Å². The monoisotopic (exact) mass is 499 g/mol. The van der Waals surface area contributed by atoms with Crippen LogP contribution < -0.4 is 20.2 Å². The fourth-order valence-corrected chi connectivity index (χ4v) is 2.83. The number of carbonyl (C=O) groups excluding carboxylic acids is 2. The van der Waals surface area contributed by atoms with Crippen molar-refractivity contribution < 1.29 is 23.5 Å². The van der Waals surface area contributed by atoms with E-state index < -0.39 is 11.8 Å². The van der Waals surface area contributed by atoms with Gasteiger partial charge < -0.3 is 14.8 Å². The Bertz CT molecular complexity index is 1120. The number of anilines is 1. The Labute approximate surface area is 192 Å². The minimum atomic E-state index is -0.907. The summed E-state index contributed by atoms with van der Waals surface area (Å²) in [5.41, 5.74) is 4.08. The van der Waals surface area contributed by atoms with Gasteiger partial charge in [0.1, 0.15) is 12.4 Å². The molecule has 9 heteroatoms. The number of halogens is 2. The minimum absolute atomic E-state index is 0.244. The van der Waals surface area contributed by atoms with Gasteiger partial charge in [0.05, 0.1) is 13.3 Å². The Morgan fingerprint density at radius 3 is 2.41 bits per heavy atom. The summed E-state index contributed by atoms with van der Waals surface area (Å²) in [4.78, 5) is 23.8. The van der Waals surface area contributed by atoms with Gasteiger partial charge in [0.15, 0.2) is 11.5 Å². The van der Waals surface area contributed by atoms with Gasteiger partial charge in [-0.05, 0) is 65.7 Å². The van der Waals surface area contributed by atoms with Crippen LogP contribution in [0.1, 0.15) is 11.1 Å². The predicted molar refractivity (Wildman–Crippen MR) is 122 cm³/mol. The molecular formula is C23H19BrFN3O4. The van der Waals surface area contributed by atoms with E-state index in [9.17, 15) is 14.0 Å². The van der Waals surface area contributed by atoms with E-state index in [1.165, 1.54) is 25.5 Å². The number of amides is 2. The summed E-state index contributed by atoms with van der Waals surface area (Å²) >= 11 is 3.29. The fourth-order valence-electron chi connectivity index (χ4n) is 2.56. The van der Waals surface area contributed by atoms with Crippen molar-refractivity contribution in [3.8, 4) is 11.5 Å². The van der Waals surface area contributed by atoms with Crippen LogP contribution >= 0.6 is 15.9 Å². The molecule has 0 heterocycles. The number of hydrogen-bond donors (Lipinski definition) is 2. The molecule has 7 nitrogen and oxygen atoms in total. The molecule has 0 aromatic heterocycles. The minimum Gasteiger partial charge on any atom is -0.493 e. The number of nitrogens with zero attached hydrogens (tertiary/aromatic N) is 1. The van der Waals surface area contributed by atoms with Gasteiger partial charge in [0, 0.05) is 10.2 Å². The zero-order valence-electron chi connectivity index (χ0n) is 17.0. The number of hydrazone groups is 1. The van der Waals surface area contributed by atoms with Gasteiger partial charge in [0.25, 0.3) is 0 Å². The summed E-state index contributed by atoms with van der Waals surface area (Å²) in [6.07, 6.45) is 1.37. The highest BCUT2D eigenvalue weighted by Crippen LogP contribution is 2.28. The third-order valence-electron chi connectivity index (χ3n) is 4.18. The number of rotatable bonds is 7. The summed E-state index contributed by atoms with van der Waals surface area (Å²) in [5, 5.41) is 6.27. The SMILES string of the molecule is COc1cc(/C=N/NC(=O)C(=O)Nc2ccc(Br)cc2)ccc1OCc1ccc(F)cc1. The number of benzene rings is 3. The highest BCUT2D eigenvalue weighted by atomic mass is 79.9. The molecule has 0 fully saturated rings. The third-order valence-corrected chi connectivity index (χ3v) is 4.71. The molecule has 0 unspecified atom stereocenters. The Balaban J connectivity index is 1.55. The lowest BCUT2D eigenvalue weighted by molar-refractivity contribution is -0.136. The molecule has 164 valence electrons. The molecule has 0 aliphatic carbocycles. The van der Waals surface area contributed by atoms with E-state index in [-0.39, 0.29) is 12.4 Å². The van der Waals surface area contributed by atoms with Crippen LogP contribution in [0.2, 0.25) is 0 Å². The summed E-state index contributed by atoms with van der Waals surface area (Å²) in [6.45, 7) is 0.244. The van der Waals surface area contributed by atoms with Crippen LogP contribution in [0.3, 0.4) is 0 Å². The van der Waals surface area contributed by atoms with Crippen LogP contribution in [0.5, 0.6) is 11.5 Å². The number of nitrogens with one attached hydrogen (secondary N) is 2. The van der Waals surface area contributed by atoms with Gasteiger partial charge >= 0.3 is 11.8 Å². The van der Waals surface area contributed by atoms with E-state index in [2.05, 4.69) is 31.8 Å². The molecule has 0 radical (unpaired) electrons.